The number of rotatable bonds is 4. The predicted molar refractivity (Wildman–Crippen MR) is 56.5 cm³/mol. The van der Waals surface area contributed by atoms with Gasteiger partial charge in [-0.1, -0.05) is 0 Å². The van der Waals surface area contributed by atoms with Crippen molar-refractivity contribution in [2.75, 3.05) is 13.1 Å². The molecule has 96 valence electrons. The van der Waals surface area contributed by atoms with E-state index in [2.05, 4.69) is 20.6 Å². The van der Waals surface area contributed by atoms with E-state index in [4.69, 9.17) is 0 Å². The highest BCUT2D eigenvalue weighted by molar-refractivity contribution is 5.15. The van der Waals surface area contributed by atoms with Gasteiger partial charge in [0.1, 0.15) is 0 Å². The number of halogens is 3. The highest BCUT2D eigenvalue weighted by Gasteiger charge is 2.26. The number of aromatic amines is 1. The van der Waals surface area contributed by atoms with Crippen molar-refractivity contribution >= 4 is 0 Å². The Labute approximate surface area is 97.0 Å². The molecule has 0 saturated carbocycles. The first kappa shape index (κ1) is 12.4. The average Bonchev–Trinajstić information content (AvgIpc) is 2.70. The van der Waals surface area contributed by atoms with Gasteiger partial charge < -0.3 is 15.6 Å². The second-order valence-corrected chi connectivity index (χ2v) is 4.18. The van der Waals surface area contributed by atoms with E-state index in [9.17, 15) is 13.2 Å². The third-order valence-corrected chi connectivity index (χ3v) is 2.79. The minimum absolute atomic E-state index is 0.0326. The van der Waals surface area contributed by atoms with Gasteiger partial charge in [0, 0.05) is 32.1 Å². The summed E-state index contributed by atoms with van der Waals surface area (Å²) in [6.07, 6.45) is -2.47. The number of nitrogens with one attached hydrogen (secondary N) is 3. The minimum atomic E-state index is -4.08. The van der Waals surface area contributed by atoms with E-state index in [1.807, 2.05) is 0 Å². The van der Waals surface area contributed by atoms with Crippen LogP contribution in [0.1, 0.15) is 17.8 Å². The summed E-state index contributed by atoms with van der Waals surface area (Å²) in [5.74, 6) is 0. The summed E-state index contributed by atoms with van der Waals surface area (Å²) in [5, 5.41) is 6.06. The molecule has 17 heavy (non-hydrogen) atoms. The number of aromatic nitrogens is 2. The van der Waals surface area contributed by atoms with Crippen LogP contribution >= 0.6 is 0 Å². The molecule has 0 amide bonds. The molecular formula is C10H15F3N4. The number of H-pyrrole nitrogens is 1. The van der Waals surface area contributed by atoms with Crippen LogP contribution in [0, 0.1) is 0 Å². The van der Waals surface area contributed by atoms with Gasteiger partial charge in [0.25, 0.3) is 0 Å². The van der Waals surface area contributed by atoms with Crippen LogP contribution < -0.4 is 10.6 Å². The summed E-state index contributed by atoms with van der Waals surface area (Å²) < 4.78 is 35.7. The first-order chi connectivity index (χ1) is 8.04. The molecule has 2 rings (SSSR count). The highest BCUT2D eigenvalue weighted by atomic mass is 19.4. The molecule has 0 fully saturated rings. The summed E-state index contributed by atoms with van der Waals surface area (Å²) in [5.41, 5.74) is 2.07. The lowest BCUT2D eigenvalue weighted by molar-refractivity contribution is -0.133. The molecule has 2 heterocycles. The van der Waals surface area contributed by atoms with Crippen molar-refractivity contribution in [3.63, 3.8) is 0 Å². The quantitative estimate of drug-likeness (QED) is 0.696. The van der Waals surface area contributed by atoms with Crippen LogP contribution in [-0.2, 0) is 13.0 Å². The molecule has 1 aliphatic rings. The van der Waals surface area contributed by atoms with Crippen LogP contribution in [0.25, 0.3) is 0 Å². The van der Waals surface area contributed by atoms with Crippen molar-refractivity contribution in [2.24, 2.45) is 0 Å². The van der Waals surface area contributed by atoms with E-state index < -0.39 is 12.6 Å². The Bertz CT molecular complexity index is 361. The van der Waals surface area contributed by atoms with E-state index in [1.54, 1.807) is 6.33 Å². The third-order valence-electron chi connectivity index (χ3n) is 2.79. The molecular weight excluding hydrogens is 233 g/mol. The first-order valence-corrected chi connectivity index (χ1v) is 5.56. The van der Waals surface area contributed by atoms with Gasteiger partial charge in [-0.05, 0) is 0 Å². The summed E-state index contributed by atoms with van der Waals surface area (Å²) in [6, 6.07) is 0.152. The van der Waals surface area contributed by atoms with Crippen LogP contribution in [0.2, 0.25) is 0 Å². The van der Waals surface area contributed by atoms with Gasteiger partial charge in [-0.15, -0.1) is 0 Å². The number of hydrogen-bond acceptors (Lipinski definition) is 3. The van der Waals surface area contributed by atoms with Crippen molar-refractivity contribution in [3.8, 4) is 0 Å². The van der Waals surface area contributed by atoms with Gasteiger partial charge in [0.2, 0.25) is 0 Å². The third kappa shape index (κ3) is 3.71. The molecule has 1 aromatic rings. The Kier molecular flexibility index (Phi) is 3.68. The fourth-order valence-electron chi connectivity index (χ4n) is 1.88. The Hall–Kier alpha value is -1.08. The molecule has 0 bridgehead atoms. The van der Waals surface area contributed by atoms with Crippen molar-refractivity contribution < 1.29 is 13.2 Å². The second kappa shape index (κ2) is 5.05. The van der Waals surface area contributed by atoms with Gasteiger partial charge >= 0.3 is 6.18 Å². The molecule has 1 aliphatic heterocycles. The summed E-state index contributed by atoms with van der Waals surface area (Å²) >= 11 is 0. The molecule has 0 radical (unpaired) electrons. The van der Waals surface area contributed by atoms with Gasteiger partial charge in [0.05, 0.1) is 24.1 Å². The Morgan fingerprint density at radius 3 is 3.06 bits per heavy atom. The Morgan fingerprint density at radius 2 is 2.29 bits per heavy atom. The zero-order chi connectivity index (χ0) is 12.3. The van der Waals surface area contributed by atoms with Crippen molar-refractivity contribution in [2.45, 2.75) is 31.6 Å². The van der Waals surface area contributed by atoms with E-state index in [0.717, 1.165) is 17.8 Å². The van der Waals surface area contributed by atoms with Gasteiger partial charge in [-0.3, -0.25) is 0 Å². The van der Waals surface area contributed by atoms with Gasteiger partial charge in [-0.25, -0.2) is 4.98 Å². The maximum Gasteiger partial charge on any atom is 0.390 e. The van der Waals surface area contributed by atoms with Crippen LogP contribution in [0.15, 0.2) is 6.33 Å². The molecule has 0 saturated heterocycles. The van der Waals surface area contributed by atoms with Gasteiger partial charge in [0.15, 0.2) is 0 Å². The molecule has 1 aromatic heterocycles. The van der Waals surface area contributed by atoms with E-state index >= 15 is 0 Å². The topological polar surface area (TPSA) is 52.7 Å². The molecule has 3 N–H and O–H groups in total. The normalized spacial score (nSPS) is 20.3. The van der Waals surface area contributed by atoms with Gasteiger partial charge in [-0.2, -0.15) is 13.2 Å². The summed E-state index contributed by atoms with van der Waals surface area (Å²) in [6.45, 7) is 1.19. The van der Waals surface area contributed by atoms with Crippen molar-refractivity contribution in [1.29, 1.82) is 0 Å². The maximum absolute atomic E-state index is 11.9. The zero-order valence-electron chi connectivity index (χ0n) is 9.27. The number of nitrogens with zero attached hydrogens (tertiary/aromatic N) is 1. The Morgan fingerprint density at radius 1 is 1.47 bits per heavy atom. The number of imidazole rings is 1. The SMILES string of the molecule is FC(F)(F)CCNCC1Cc2nc[nH]c2CN1. The Balaban J connectivity index is 1.68. The number of fused-ring (bicyclic) bond motifs is 1. The molecule has 0 aliphatic carbocycles. The monoisotopic (exact) mass is 248 g/mol. The summed E-state index contributed by atoms with van der Waals surface area (Å²) in [4.78, 5) is 7.19. The fourth-order valence-corrected chi connectivity index (χ4v) is 1.88. The number of alkyl halides is 3. The first-order valence-electron chi connectivity index (χ1n) is 5.56. The second-order valence-electron chi connectivity index (χ2n) is 4.18. The van der Waals surface area contributed by atoms with Crippen LogP contribution in [-0.4, -0.2) is 35.3 Å². The molecule has 0 aromatic carbocycles. The van der Waals surface area contributed by atoms with E-state index in [1.165, 1.54) is 0 Å². The maximum atomic E-state index is 11.9. The molecule has 7 heteroatoms. The predicted octanol–water partition coefficient (Wildman–Crippen LogP) is 0.966. The molecule has 0 spiro atoms. The molecule has 4 nitrogen and oxygen atoms in total. The van der Waals surface area contributed by atoms with Crippen LogP contribution in [0.4, 0.5) is 13.2 Å². The molecule has 1 unspecified atom stereocenters. The lowest BCUT2D eigenvalue weighted by Crippen LogP contribution is -2.43. The standard InChI is InChI=1S/C10H15F3N4/c11-10(12,13)1-2-14-4-7-3-8-9(5-15-7)17-6-16-8/h6-7,14-15H,1-5H2,(H,16,17). The average molecular weight is 248 g/mol. The van der Waals surface area contributed by atoms with Crippen molar-refractivity contribution in [3.05, 3.63) is 17.7 Å². The van der Waals surface area contributed by atoms with E-state index in [-0.39, 0.29) is 12.6 Å². The van der Waals surface area contributed by atoms with Crippen LogP contribution in [0.5, 0.6) is 0 Å². The highest BCUT2D eigenvalue weighted by Crippen LogP contribution is 2.18. The number of hydrogen-bond donors (Lipinski definition) is 3. The molecule has 1 atom stereocenters. The lowest BCUT2D eigenvalue weighted by Gasteiger charge is -2.23. The zero-order valence-corrected chi connectivity index (χ0v) is 9.27. The van der Waals surface area contributed by atoms with E-state index in [0.29, 0.717) is 13.1 Å². The van der Waals surface area contributed by atoms with Crippen molar-refractivity contribution in [1.82, 2.24) is 20.6 Å². The fraction of sp³-hybridized carbons (Fsp3) is 0.700. The minimum Gasteiger partial charge on any atom is -0.347 e. The smallest absolute Gasteiger partial charge is 0.347 e. The summed E-state index contributed by atoms with van der Waals surface area (Å²) in [7, 11) is 0. The van der Waals surface area contributed by atoms with Crippen LogP contribution in [0.3, 0.4) is 0 Å². The largest absolute Gasteiger partial charge is 0.390 e. The lowest BCUT2D eigenvalue weighted by atomic mass is 10.1.